The minimum Gasteiger partial charge on any atom is -0.481 e. The van der Waals surface area contributed by atoms with E-state index in [2.05, 4.69) is 24.4 Å². The van der Waals surface area contributed by atoms with Crippen LogP contribution in [0.25, 0.3) is 0 Å². The highest BCUT2D eigenvalue weighted by molar-refractivity contribution is 8.93. The minimum atomic E-state index is -0.782. The molecule has 128 valence electrons. The quantitative estimate of drug-likeness (QED) is 0.833. The zero-order valence-corrected chi connectivity index (χ0v) is 14.9. The molecule has 1 heterocycles. The van der Waals surface area contributed by atoms with Crippen molar-refractivity contribution in [3.05, 3.63) is 35.9 Å². The molecule has 1 spiro atoms. The van der Waals surface area contributed by atoms with Crippen LogP contribution >= 0.6 is 17.0 Å². The standard InChI is InChI=1S/C17H23NO4.BrH/c1-12(13-5-3-2-4-6-13)18-15-7-8-17(21-9-10-22-17)11-14(15)16(19)20;/h2-6,12,14-15,18H,7-11H2,1H3,(H,19,20);1H/t12-,14+,15-;/m1./s1. The van der Waals surface area contributed by atoms with Crippen molar-refractivity contribution in [1.29, 1.82) is 0 Å². The normalized spacial score (nSPS) is 27.3. The number of halogens is 1. The Morgan fingerprint density at radius 2 is 1.96 bits per heavy atom. The summed E-state index contributed by atoms with van der Waals surface area (Å²) in [5, 5.41) is 13.1. The third-order valence-electron chi connectivity index (χ3n) is 4.75. The summed E-state index contributed by atoms with van der Waals surface area (Å²) in [5.41, 5.74) is 1.17. The average molecular weight is 386 g/mol. The smallest absolute Gasteiger partial charge is 0.308 e. The fraction of sp³-hybridized carbons (Fsp3) is 0.588. The van der Waals surface area contributed by atoms with E-state index in [9.17, 15) is 9.90 Å². The van der Waals surface area contributed by atoms with Gasteiger partial charge < -0.3 is 19.9 Å². The summed E-state index contributed by atoms with van der Waals surface area (Å²) < 4.78 is 11.4. The summed E-state index contributed by atoms with van der Waals surface area (Å²) in [6.07, 6.45) is 1.91. The van der Waals surface area contributed by atoms with Gasteiger partial charge in [0.1, 0.15) is 0 Å². The third-order valence-corrected chi connectivity index (χ3v) is 4.75. The van der Waals surface area contributed by atoms with Crippen molar-refractivity contribution in [3.63, 3.8) is 0 Å². The summed E-state index contributed by atoms with van der Waals surface area (Å²) in [5.74, 6) is -1.94. The number of benzene rings is 1. The van der Waals surface area contributed by atoms with Crippen LogP contribution in [0, 0.1) is 5.92 Å². The van der Waals surface area contributed by atoms with Gasteiger partial charge in [-0.3, -0.25) is 4.79 Å². The van der Waals surface area contributed by atoms with Crippen LogP contribution in [0.2, 0.25) is 0 Å². The highest BCUT2D eigenvalue weighted by Crippen LogP contribution is 2.39. The molecule has 6 heteroatoms. The Morgan fingerprint density at radius 1 is 1.30 bits per heavy atom. The molecule has 0 bridgehead atoms. The summed E-state index contributed by atoms with van der Waals surface area (Å²) in [6, 6.07) is 10.1. The molecular weight excluding hydrogens is 362 g/mol. The van der Waals surface area contributed by atoms with Crippen molar-refractivity contribution in [2.24, 2.45) is 5.92 Å². The highest BCUT2D eigenvalue weighted by atomic mass is 79.9. The first-order valence-electron chi connectivity index (χ1n) is 7.91. The molecule has 0 aromatic heterocycles. The van der Waals surface area contributed by atoms with Gasteiger partial charge in [-0.15, -0.1) is 17.0 Å². The van der Waals surface area contributed by atoms with Gasteiger partial charge in [0.25, 0.3) is 0 Å². The fourth-order valence-corrected chi connectivity index (χ4v) is 3.53. The van der Waals surface area contributed by atoms with Gasteiger partial charge in [-0.1, -0.05) is 30.3 Å². The van der Waals surface area contributed by atoms with Crippen LogP contribution in [0.3, 0.4) is 0 Å². The van der Waals surface area contributed by atoms with Gasteiger partial charge in [0.2, 0.25) is 0 Å². The van der Waals surface area contributed by atoms with E-state index in [4.69, 9.17) is 9.47 Å². The van der Waals surface area contributed by atoms with Crippen molar-refractivity contribution in [3.8, 4) is 0 Å². The van der Waals surface area contributed by atoms with Crippen molar-refractivity contribution >= 4 is 23.0 Å². The molecule has 1 aliphatic carbocycles. The SMILES string of the molecule is Br.C[C@@H](N[C@@H]1CCC2(C[C@@H]1C(=O)O)OCCO2)c1ccccc1. The Bertz CT molecular complexity index is 519. The molecule has 1 saturated heterocycles. The average Bonchev–Trinajstić information content (AvgIpc) is 2.98. The molecule has 2 fully saturated rings. The van der Waals surface area contributed by atoms with Crippen LogP contribution in [0.1, 0.15) is 37.8 Å². The first-order chi connectivity index (χ1) is 10.6. The van der Waals surface area contributed by atoms with E-state index in [1.807, 2.05) is 18.2 Å². The van der Waals surface area contributed by atoms with Gasteiger partial charge in [0.05, 0.1) is 19.1 Å². The highest BCUT2D eigenvalue weighted by Gasteiger charge is 2.47. The molecule has 23 heavy (non-hydrogen) atoms. The number of aliphatic carboxylic acids is 1. The Hall–Kier alpha value is -0.950. The van der Waals surface area contributed by atoms with Crippen LogP contribution in [-0.2, 0) is 14.3 Å². The zero-order chi connectivity index (χ0) is 15.6. The molecule has 3 atom stereocenters. The van der Waals surface area contributed by atoms with Crippen molar-refractivity contribution in [2.45, 2.75) is 44.1 Å². The number of ether oxygens (including phenoxy) is 2. The molecule has 0 radical (unpaired) electrons. The minimum absolute atomic E-state index is 0. The van der Waals surface area contributed by atoms with Crippen LogP contribution in [0.5, 0.6) is 0 Å². The van der Waals surface area contributed by atoms with E-state index in [0.717, 1.165) is 12.8 Å². The largest absolute Gasteiger partial charge is 0.481 e. The van der Waals surface area contributed by atoms with Crippen molar-refractivity contribution in [1.82, 2.24) is 5.32 Å². The Kier molecular flexibility index (Phi) is 6.19. The second kappa shape index (κ2) is 7.75. The zero-order valence-electron chi connectivity index (χ0n) is 13.2. The molecule has 2 N–H and O–H groups in total. The molecule has 1 aliphatic heterocycles. The molecule has 3 rings (SSSR count). The van der Waals surface area contributed by atoms with E-state index in [1.54, 1.807) is 0 Å². The van der Waals surface area contributed by atoms with Gasteiger partial charge in [0.15, 0.2) is 5.79 Å². The van der Waals surface area contributed by atoms with Gasteiger partial charge in [0, 0.05) is 24.9 Å². The summed E-state index contributed by atoms with van der Waals surface area (Å²) >= 11 is 0. The Labute approximate surface area is 147 Å². The van der Waals surface area contributed by atoms with E-state index in [1.165, 1.54) is 5.56 Å². The number of carbonyl (C=O) groups is 1. The number of hydrogen-bond acceptors (Lipinski definition) is 4. The molecule has 5 nitrogen and oxygen atoms in total. The lowest BCUT2D eigenvalue weighted by atomic mass is 9.80. The monoisotopic (exact) mass is 385 g/mol. The maximum atomic E-state index is 11.7. The first kappa shape index (κ1) is 18.4. The summed E-state index contributed by atoms with van der Waals surface area (Å²) in [6.45, 7) is 3.19. The molecule has 1 aromatic carbocycles. The third kappa shape index (κ3) is 4.12. The fourth-order valence-electron chi connectivity index (χ4n) is 3.53. The lowest BCUT2D eigenvalue weighted by molar-refractivity contribution is -0.197. The van der Waals surface area contributed by atoms with Crippen molar-refractivity contribution < 1.29 is 19.4 Å². The number of nitrogens with one attached hydrogen (secondary N) is 1. The number of carboxylic acid groups (broad SMARTS) is 1. The van der Waals surface area contributed by atoms with Gasteiger partial charge in [-0.05, 0) is 18.9 Å². The van der Waals surface area contributed by atoms with E-state index >= 15 is 0 Å². The van der Waals surface area contributed by atoms with Gasteiger partial charge >= 0.3 is 5.97 Å². The molecule has 2 aliphatic rings. The maximum Gasteiger partial charge on any atom is 0.308 e. The number of carboxylic acids is 1. The second-order valence-electron chi connectivity index (χ2n) is 6.20. The Morgan fingerprint density at radius 3 is 2.57 bits per heavy atom. The number of rotatable bonds is 4. The molecule has 1 aromatic rings. The molecule has 0 unspecified atom stereocenters. The van der Waals surface area contributed by atoms with E-state index < -0.39 is 17.7 Å². The van der Waals surface area contributed by atoms with Gasteiger partial charge in [-0.2, -0.15) is 0 Å². The molecule has 1 saturated carbocycles. The topological polar surface area (TPSA) is 67.8 Å². The molecule has 0 amide bonds. The van der Waals surface area contributed by atoms with Crippen LogP contribution in [0.15, 0.2) is 30.3 Å². The summed E-state index contributed by atoms with van der Waals surface area (Å²) in [7, 11) is 0. The lowest BCUT2D eigenvalue weighted by Crippen LogP contribution is -2.51. The van der Waals surface area contributed by atoms with Crippen molar-refractivity contribution in [2.75, 3.05) is 13.2 Å². The van der Waals surface area contributed by atoms with Crippen LogP contribution in [-0.4, -0.2) is 36.1 Å². The van der Waals surface area contributed by atoms with Gasteiger partial charge in [-0.25, -0.2) is 0 Å². The first-order valence-corrected chi connectivity index (χ1v) is 7.91. The van der Waals surface area contributed by atoms with Crippen LogP contribution in [0.4, 0.5) is 0 Å². The predicted molar refractivity (Wildman–Crippen MR) is 91.7 cm³/mol. The van der Waals surface area contributed by atoms with E-state index in [0.29, 0.717) is 19.6 Å². The summed E-state index contributed by atoms with van der Waals surface area (Å²) in [4.78, 5) is 11.7. The van der Waals surface area contributed by atoms with E-state index in [-0.39, 0.29) is 29.1 Å². The maximum absolute atomic E-state index is 11.7. The lowest BCUT2D eigenvalue weighted by Gasteiger charge is -2.40. The second-order valence-corrected chi connectivity index (χ2v) is 6.20. The number of hydrogen-bond donors (Lipinski definition) is 2. The Balaban J connectivity index is 0.00000192. The molecular formula is C17H24BrNO4. The predicted octanol–water partition coefficient (Wildman–Crippen LogP) is 2.91. The van der Waals surface area contributed by atoms with Crippen LogP contribution < -0.4 is 5.32 Å².